The zero-order chi connectivity index (χ0) is 15.4. The monoisotopic (exact) mass is 308 g/mol. The van der Waals surface area contributed by atoms with Crippen molar-refractivity contribution in [2.45, 2.75) is 20.3 Å². The summed E-state index contributed by atoms with van der Waals surface area (Å²) in [4.78, 5) is 23.6. The number of carbonyl (C=O) groups is 2. The number of amides is 2. The van der Waals surface area contributed by atoms with Gasteiger partial charge in [0.05, 0.1) is 12.2 Å². The van der Waals surface area contributed by atoms with Gasteiger partial charge in [0.2, 0.25) is 11.0 Å². The van der Waals surface area contributed by atoms with Crippen LogP contribution in [0.5, 0.6) is 0 Å². The van der Waals surface area contributed by atoms with Crippen LogP contribution >= 0.6 is 11.3 Å². The average Bonchev–Trinajstić information content (AvgIpc) is 3.02. The van der Waals surface area contributed by atoms with E-state index in [4.69, 9.17) is 0 Å². The second kappa shape index (κ2) is 6.44. The van der Waals surface area contributed by atoms with Crippen molar-refractivity contribution in [2.24, 2.45) is 7.05 Å². The quantitative estimate of drug-likeness (QED) is 0.838. The van der Waals surface area contributed by atoms with Crippen LogP contribution in [-0.4, -0.2) is 38.3 Å². The maximum Gasteiger partial charge on any atom is 0.269 e. The number of hydrogen-bond acceptors (Lipinski definition) is 6. The predicted octanol–water partition coefficient (Wildman–Crippen LogP) is 0.511. The lowest BCUT2D eigenvalue weighted by Crippen LogP contribution is -2.33. The summed E-state index contributed by atoms with van der Waals surface area (Å²) in [5.41, 5.74) is 1.15. The summed E-state index contributed by atoms with van der Waals surface area (Å²) in [6.07, 6.45) is 0.768. The van der Waals surface area contributed by atoms with Crippen LogP contribution in [0.3, 0.4) is 0 Å². The van der Waals surface area contributed by atoms with Crippen LogP contribution in [0.2, 0.25) is 0 Å². The van der Waals surface area contributed by atoms with Gasteiger partial charge in [-0.2, -0.15) is 5.10 Å². The molecule has 8 nitrogen and oxygen atoms in total. The van der Waals surface area contributed by atoms with Gasteiger partial charge in [-0.25, -0.2) is 0 Å². The van der Waals surface area contributed by atoms with E-state index in [-0.39, 0.29) is 18.4 Å². The van der Waals surface area contributed by atoms with Gasteiger partial charge in [0.15, 0.2) is 0 Å². The molecule has 0 unspecified atom stereocenters. The lowest BCUT2D eigenvalue weighted by molar-refractivity contribution is -0.115. The first-order chi connectivity index (χ1) is 9.99. The van der Waals surface area contributed by atoms with Crippen LogP contribution in [0, 0.1) is 6.92 Å². The zero-order valence-electron chi connectivity index (χ0n) is 12.0. The minimum atomic E-state index is -0.347. The molecule has 0 atom stereocenters. The Kier molecular flexibility index (Phi) is 4.63. The number of hydrogen-bond donors (Lipinski definition) is 2. The summed E-state index contributed by atoms with van der Waals surface area (Å²) in [6.45, 7) is 3.62. The Morgan fingerprint density at radius 3 is 2.71 bits per heavy atom. The lowest BCUT2D eigenvalue weighted by atomic mass is 10.3. The molecule has 2 aromatic heterocycles. The Balaban J connectivity index is 1.86. The standard InChI is InChI=1S/C12H16N6O2S/c1-4-10-15-16-12(21-10)14-9(19)6-13-11(20)8-5-7(2)17-18(8)3/h5H,4,6H2,1-3H3,(H,13,20)(H,14,16,19). The molecule has 2 N–H and O–H groups in total. The molecule has 0 saturated heterocycles. The summed E-state index contributed by atoms with van der Waals surface area (Å²) < 4.78 is 1.47. The largest absolute Gasteiger partial charge is 0.342 e. The minimum Gasteiger partial charge on any atom is -0.342 e. The number of nitrogens with one attached hydrogen (secondary N) is 2. The fourth-order valence-electron chi connectivity index (χ4n) is 1.68. The molecule has 0 saturated carbocycles. The van der Waals surface area contributed by atoms with Crippen molar-refractivity contribution in [3.05, 3.63) is 22.5 Å². The average molecular weight is 308 g/mol. The van der Waals surface area contributed by atoms with Gasteiger partial charge < -0.3 is 5.32 Å². The zero-order valence-corrected chi connectivity index (χ0v) is 12.8. The smallest absolute Gasteiger partial charge is 0.269 e. The third kappa shape index (κ3) is 3.85. The maximum absolute atomic E-state index is 11.9. The van der Waals surface area contributed by atoms with Crippen LogP contribution in [0.15, 0.2) is 6.07 Å². The van der Waals surface area contributed by atoms with E-state index in [0.29, 0.717) is 10.8 Å². The number of carbonyl (C=O) groups excluding carboxylic acids is 2. The van der Waals surface area contributed by atoms with Gasteiger partial charge in [0, 0.05) is 7.05 Å². The first-order valence-electron chi connectivity index (χ1n) is 6.40. The van der Waals surface area contributed by atoms with Crippen molar-refractivity contribution >= 4 is 28.3 Å². The Hall–Kier alpha value is -2.29. The van der Waals surface area contributed by atoms with Crippen LogP contribution in [-0.2, 0) is 18.3 Å². The molecule has 0 radical (unpaired) electrons. The number of rotatable bonds is 5. The topological polar surface area (TPSA) is 102 Å². The van der Waals surface area contributed by atoms with E-state index in [1.165, 1.54) is 16.0 Å². The fraction of sp³-hybridized carbons (Fsp3) is 0.417. The molecule has 0 aromatic carbocycles. The van der Waals surface area contributed by atoms with Crippen LogP contribution in [0.4, 0.5) is 5.13 Å². The summed E-state index contributed by atoms with van der Waals surface area (Å²) >= 11 is 1.32. The molecule has 2 aromatic rings. The van der Waals surface area contributed by atoms with Gasteiger partial charge in [-0.05, 0) is 19.4 Å². The van der Waals surface area contributed by atoms with E-state index in [1.807, 2.05) is 6.92 Å². The molecule has 21 heavy (non-hydrogen) atoms. The van der Waals surface area contributed by atoms with Gasteiger partial charge in [0.1, 0.15) is 10.7 Å². The number of aromatic nitrogens is 4. The lowest BCUT2D eigenvalue weighted by Gasteiger charge is -2.04. The second-order valence-corrected chi connectivity index (χ2v) is 5.44. The van der Waals surface area contributed by atoms with E-state index >= 15 is 0 Å². The van der Waals surface area contributed by atoms with Crippen molar-refractivity contribution in [3.8, 4) is 0 Å². The SMILES string of the molecule is CCc1nnc(NC(=O)CNC(=O)c2cc(C)nn2C)s1. The number of aryl methyl sites for hydroxylation is 3. The van der Waals surface area contributed by atoms with Crippen LogP contribution < -0.4 is 10.6 Å². The highest BCUT2D eigenvalue weighted by Crippen LogP contribution is 2.14. The highest BCUT2D eigenvalue weighted by atomic mass is 32.1. The van der Waals surface area contributed by atoms with Crippen LogP contribution in [0.1, 0.15) is 28.1 Å². The van der Waals surface area contributed by atoms with E-state index < -0.39 is 0 Å². The maximum atomic E-state index is 11.9. The van der Waals surface area contributed by atoms with Gasteiger partial charge >= 0.3 is 0 Å². The molecule has 0 fully saturated rings. The molecule has 2 rings (SSSR count). The Morgan fingerprint density at radius 1 is 1.38 bits per heavy atom. The second-order valence-electron chi connectivity index (χ2n) is 4.38. The van der Waals surface area contributed by atoms with Crippen molar-refractivity contribution in [1.29, 1.82) is 0 Å². The highest BCUT2D eigenvalue weighted by Gasteiger charge is 2.13. The Bertz CT molecular complexity index is 663. The molecule has 0 spiro atoms. The van der Waals surface area contributed by atoms with E-state index in [9.17, 15) is 9.59 Å². The Morgan fingerprint density at radius 2 is 2.14 bits per heavy atom. The number of anilines is 1. The molecule has 2 heterocycles. The van der Waals surface area contributed by atoms with Crippen LogP contribution in [0.25, 0.3) is 0 Å². The molecule has 112 valence electrons. The molecule has 9 heteroatoms. The third-order valence-electron chi connectivity index (χ3n) is 2.66. The molecular weight excluding hydrogens is 292 g/mol. The molecule has 0 aliphatic rings. The molecule has 2 amide bonds. The van der Waals surface area contributed by atoms with E-state index in [2.05, 4.69) is 25.9 Å². The minimum absolute atomic E-state index is 0.135. The fourth-order valence-corrected chi connectivity index (χ4v) is 2.38. The van der Waals surface area contributed by atoms with Crippen molar-refractivity contribution in [2.75, 3.05) is 11.9 Å². The first kappa shape index (κ1) is 15.1. The molecule has 0 bridgehead atoms. The first-order valence-corrected chi connectivity index (χ1v) is 7.22. The predicted molar refractivity (Wildman–Crippen MR) is 78.2 cm³/mol. The van der Waals surface area contributed by atoms with Crippen molar-refractivity contribution in [3.63, 3.8) is 0 Å². The number of nitrogens with zero attached hydrogens (tertiary/aromatic N) is 4. The van der Waals surface area contributed by atoms with Gasteiger partial charge in [-0.15, -0.1) is 10.2 Å². The summed E-state index contributed by atoms with van der Waals surface area (Å²) in [6, 6.07) is 1.66. The van der Waals surface area contributed by atoms with Gasteiger partial charge in [-0.1, -0.05) is 18.3 Å². The highest BCUT2D eigenvalue weighted by molar-refractivity contribution is 7.15. The normalized spacial score (nSPS) is 10.4. The van der Waals surface area contributed by atoms with Gasteiger partial charge in [-0.3, -0.25) is 19.6 Å². The van der Waals surface area contributed by atoms with Crippen molar-refractivity contribution < 1.29 is 9.59 Å². The molecular formula is C12H16N6O2S. The van der Waals surface area contributed by atoms with Crippen molar-refractivity contribution in [1.82, 2.24) is 25.3 Å². The third-order valence-corrected chi connectivity index (χ3v) is 3.64. The van der Waals surface area contributed by atoms with E-state index in [0.717, 1.165) is 17.1 Å². The van der Waals surface area contributed by atoms with E-state index in [1.54, 1.807) is 20.0 Å². The van der Waals surface area contributed by atoms with Gasteiger partial charge in [0.25, 0.3) is 5.91 Å². The summed E-state index contributed by atoms with van der Waals surface area (Å²) in [7, 11) is 1.68. The summed E-state index contributed by atoms with van der Waals surface area (Å²) in [5, 5.41) is 18.2. The molecule has 0 aliphatic heterocycles. The molecule has 0 aliphatic carbocycles. The Labute approximate surface area is 125 Å². The summed E-state index contributed by atoms with van der Waals surface area (Å²) in [5.74, 6) is -0.694.